The lowest BCUT2D eigenvalue weighted by Gasteiger charge is -2.39. The zero-order valence-corrected chi connectivity index (χ0v) is 22.7. The van der Waals surface area contributed by atoms with Crippen LogP contribution < -0.4 is 0 Å². The van der Waals surface area contributed by atoms with E-state index in [1.165, 1.54) is 12.2 Å². The smallest absolute Gasteiger partial charge is 0.223 e. The van der Waals surface area contributed by atoms with Crippen LogP contribution in [0.5, 0.6) is 0 Å². The van der Waals surface area contributed by atoms with Crippen LogP contribution in [-0.4, -0.2) is 65.2 Å². The van der Waals surface area contributed by atoms with E-state index >= 15 is 0 Å². The highest BCUT2D eigenvalue weighted by Crippen LogP contribution is 2.32. The van der Waals surface area contributed by atoms with Gasteiger partial charge in [0, 0.05) is 18.5 Å². The molecule has 1 amide bonds. The van der Waals surface area contributed by atoms with Gasteiger partial charge >= 0.3 is 0 Å². The van der Waals surface area contributed by atoms with Crippen molar-refractivity contribution in [1.82, 2.24) is 25.5 Å². The second kappa shape index (κ2) is 12.4. The number of nitrogens with zero attached hydrogens (tertiary/aromatic N) is 4. The summed E-state index contributed by atoms with van der Waals surface area (Å²) in [7, 11) is 0. The van der Waals surface area contributed by atoms with Gasteiger partial charge in [-0.2, -0.15) is 5.21 Å². The first-order valence-electron chi connectivity index (χ1n) is 13.6. The molecule has 1 aliphatic rings. The third kappa shape index (κ3) is 6.49. The summed E-state index contributed by atoms with van der Waals surface area (Å²) in [5.74, 6) is -0.230. The largest absolute Gasteiger partial charge is 0.389 e. The Morgan fingerprint density at radius 3 is 2.44 bits per heavy atom. The van der Waals surface area contributed by atoms with Crippen molar-refractivity contribution in [3.8, 4) is 22.5 Å². The number of aliphatic hydroxyl groups is 2. The summed E-state index contributed by atoms with van der Waals surface area (Å²) in [5.41, 5.74) is 1.92. The van der Waals surface area contributed by atoms with Gasteiger partial charge in [-0.1, -0.05) is 81.8 Å². The molecule has 9 nitrogen and oxygen atoms in total. The highest BCUT2D eigenvalue weighted by molar-refractivity contribution is 5.96. The van der Waals surface area contributed by atoms with Crippen molar-refractivity contribution in [3.63, 3.8) is 0 Å². The van der Waals surface area contributed by atoms with Gasteiger partial charge in [-0.15, -0.1) is 10.2 Å². The molecule has 2 aromatic carbocycles. The minimum absolute atomic E-state index is 0.112. The Balaban J connectivity index is 1.63. The highest BCUT2D eigenvalue weighted by atomic mass is 16.3. The molecule has 0 fully saturated rings. The fraction of sp³-hybridized carbons (Fsp3) is 0.433. The molecule has 0 saturated carbocycles. The van der Waals surface area contributed by atoms with E-state index in [0.717, 1.165) is 35.1 Å². The molecule has 1 heterocycles. The number of benzene rings is 2. The minimum Gasteiger partial charge on any atom is -0.389 e. The Morgan fingerprint density at radius 2 is 1.85 bits per heavy atom. The normalized spacial score (nSPS) is 19.7. The summed E-state index contributed by atoms with van der Waals surface area (Å²) < 4.78 is 0. The van der Waals surface area contributed by atoms with E-state index in [-0.39, 0.29) is 24.8 Å². The maximum Gasteiger partial charge on any atom is 0.223 e. The monoisotopic (exact) mass is 531 g/mol. The quantitative estimate of drug-likeness (QED) is 0.318. The van der Waals surface area contributed by atoms with Gasteiger partial charge in [0.15, 0.2) is 5.78 Å². The first-order valence-corrected chi connectivity index (χ1v) is 13.6. The molecule has 0 bridgehead atoms. The van der Waals surface area contributed by atoms with Crippen LogP contribution in [0.25, 0.3) is 22.5 Å². The topological polar surface area (TPSA) is 132 Å². The molecule has 9 heteroatoms. The Morgan fingerprint density at radius 1 is 1.13 bits per heavy atom. The number of nitrogens with one attached hydrogen (secondary N) is 1. The number of tetrazole rings is 1. The van der Waals surface area contributed by atoms with E-state index in [2.05, 4.69) is 20.6 Å². The second-order valence-electron chi connectivity index (χ2n) is 10.5. The first kappa shape index (κ1) is 28.3. The van der Waals surface area contributed by atoms with E-state index in [1.807, 2.05) is 69.3 Å². The number of ketones is 1. The minimum atomic E-state index is -1.71. The van der Waals surface area contributed by atoms with E-state index in [9.17, 15) is 19.8 Å². The molecule has 3 N–H and O–H groups in total. The molecule has 39 heavy (non-hydrogen) atoms. The number of aromatic nitrogens is 4. The van der Waals surface area contributed by atoms with E-state index in [0.29, 0.717) is 18.7 Å². The predicted molar refractivity (Wildman–Crippen MR) is 148 cm³/mol. The number of hydrogen-bond acceptors (Lipinski definition) is 7. The highest BCUT2D eigenvalue weighted by Gasteiger charge is 2.44. The number of hydrogen-bond donors (Lipinski definition) is 3. The van der Waals surface area contributed by atoms with Gasteiger partial charge < -0.3 is 15.1 Å². The van der Waals surface area contributed by atoms with Crippen LogP contribution in [0.3, 0.4) is 0 Å². The molecule has 0 radical (unpaired) electrons. The van der Waals surface area contributed by atoms with Crippen LogP contribution in [-0.2, 0) is 16.1 Å². The van der Waals surface area contributed by atoms with Gasteiger partial charge in [0.2, 0.25) is 11.7 Å². The fourth-order valence-corrected chi connectivity index (χ4v) is 5.09. The maximum absolute atomic E-state index is 13.8. The molecule has 0 saturated heterocycles. The zero-order valence-electron chi connectivity index (χ0n) is 22.7. The van der Waals surface area contributed by atoms with Gasteiger partial charge in [-0.3, -0.25) is 9.59 Å². The Bertz CT molecular complexity index is 1290. The molecule has 3 atom stereocenters. The summed E-state index contributed by atoms with van der Waals surface area (Å²) in [6, 6.07) is 14.9. The van der Waals surface area contributed by atoms with Gasteiger partial charge in [-0.05, 0) is 53.2 Å². The second-order valence-corrected chi connectivity index (χ2v) is 10.5. The summed E-state index contributed by atoms with van der Waals surface area (Å²) in [5, 5.41) is 35.4. The van der Waals surface area contributed by atoms with Crippen molar-refractivity contribution in [3.05, 3.63) is 66.2 Å². The molecule has 0 aliphatic heterocycles. The van der Waals surface area contributed by atoms with Crippen molar-refractivity contribution in [1.29, 1.82) is 0 Å². The Hall–Kier alpha value is -3.69. The van der Waals surface area contributed by atoms with Crippen molar-refractivity contribution >= 4 is 11.7 Å². The maximum atomic E-state index is 13.8. The molecular formula is C30H37N5O4. The van der Waals surface area contributed by atoms with Crippen LogP contribution >= 0.6 is 0 Å². The molecule has 3 aromatic rings. The number of aliphatic hydroxyl groups excluding tert-OH is 1. The third-order valence-corrected chi connectivity index (χ3v) is 7.27. The number of carbonyl (C=O) groups excluding carboxylic acids is 2. The fourth-order valence-electron chi connectivity index (χ4n) is 5.09. The van der Waals surface area contributed by atoms with E-state index < -0.39 is 23.5 Å². The molecule has 1 aliphatic carbocycles. The number of aromatic amines is 1. The van der Waals surface area contributed by atoms with Crippen molar-refractivity contribution in [2.75, 3.05) is 0 Å². The summed E-state index contributed by atoms with van der Waals surface area (Å²) in [6.45, 7) is 6.05. The Kier molecular flexibility index (Phi) is 9.04. The van der Waals surface area contributed by atoms with Gasteiger partial charge in [-0.25, -0.2) is 0 Å². The first-order chi connectivity index (χ1) is 18.7. The molecule has 0 spiro atoms. The lowest BCUT2D eigenvalue weighted by Crippen LogP contribution is -2.55. The van der Waals surface area contributed by atoms with Crippen molar-refractivity contribution in [2.45, 2.75) is 77.2 Å². The van der Waals surface area contributed by atoms with Crippen LogP contribution in [0, 0.1) is 5.92 Å². The average molecular weight is 532 g/mol. The number of amides is 1. The molecule has 2 unspecified atom stereocenters. The number of H-pyrrole nitrogens is 1. The van der Waals surface area contributed by atoms with Gasteiger partial charge in [0.1, 0.15) is 5.60 Å². The van der Waals surface area contributed by atoms with E-state index in [4.69, 9.17) is 0 Å². The SMILES string of the molecule is CCCCC(=O)N(Cc1ccc(-c2ccccc2-c2nn[nH]n2)cc1)C(C(=O)[C@@]1(O)C=CC(O)CC1)C(C)C. The van der Waals surface area contributed by atoms with Gasteiger partial charge in [0.25, 0.3) is 0 Å². The number of unbranched alkanes of at least 4 members (excludes halogenated alkanes) is 1. The molecule has 1 aromatic heterocycles. The average Bonchev–Trinajstić information content (AvgIpc) is 3.48. The van der Waals surface area contributed by atoms with Crippen molar-refractivity contribution < 1.29 is 19.8 Å². The Labute approximate surface area is 228 Å². The molecule has 206 valence electrons. The summed E-state index contributed by atoms with van der Waals surface area (Å²) >= 11 is 0. The standard InChI is InChI=1S/C30H37N5O4/c1-4-5-10-26(37)35(27(20(2)3)28(38)30(39)17-15-23(36)16-18-30)19-21-11-13-22(14-12-21)24-8-6-7-9-25(24)29-31-33-34-32-29/h6-9,11-15,17,20,23,27,36,39H,4-5,10,16,18-19H2,1-3H3,(H,31,32,33,34)/t23?,27?,30-/m1/s1. The third-order valence-electron chi connectivity index (χ3n) is 7.27. The lowest BCUT2D eigenvalue weighted by molar-refractivity contribution is -0.150. The van der Waals surface area contributed by atoms with Crippen LogP contribution in [0.15, 0.2) is 60.7 Å². The van der Waals surface area contributed by atoms with E-state index in [1.54, 1.807) is 4.90 Å². The lowest BCUT2D eigenvalue weighted by atomic mass is 9.80. The van der Waals surface area contributed by atoms with Gasteiger partial charge in [0.05, 0.1) is 12.1 Å². The number of rotatable bonds is 11. The van der Waals surface area contributed by atoms with Crippen LogP contribution in [0.1, 0.15) is 58.4 Å². The molecular weight excluding hydrogens is 494 g/mol. The van der Waals surface area contributed by atoms with Crippen molar-refractivity contribution in [2.24, 2.45) is 5.92 Å². The zero-order chi connectivity index (χ0) is 28.0. The predicted octanol–water partition coefficient (Wildman–Crippen LogP) is 4.09. The summed E-state index contributed by atoms with van der Waals surface area (Å²) in [4.78, 5) is 28.9. The summed E-state index contributed by atoms with van der Waals surface area (Å²) in [6.07, 6.45) is 4.50. The number of carbonyl (C=O) groups is 2. The van der Waals surface area contributed by atoms with Crippen LogP contribution in [0.2, 0.25) is 0 Å². The molecule has 4 rings (SSSR count). The van der Waals surface area contributed by atoms with Crippen LogP contribution in [0.4, 0.5) is 0 Å². The number of Topliss-reactive ketones (excluding diaryl/α,β-unsaturated/α-hetero) is 1.